The lowest BCUT2D eigenvalue weighted by molar-refractivity contribution is 0.398. The highest BCUT2D eigenvalue weighted by atomic mass is 35.5. The molecule has 0 aliphatic carbocycles. The SMILES string of the molecule is CC1OC1C([Si])=C(Cl)Cl. The monoisotopic (exact) mass is 179 g/mol. The maximum absolute atomic E-state index is 5.44. The Bertz CT molecular complexity index is 153. The number of epoxide rings is 1. The van der Waals surface area contributed by atoms with Crippen LogP contribution in [0.15, 0.2) is 9.69 Å². The summed E-state index contributed by atoms with van der Waals surface area (Å²) < 4.78 is 5.32. The first-order valence-electron chi connectivity index (χ1n) is 2.55. The Morgan fingerprint density at radius 2 is 2.00 bits per heavy atom. The highest BCUT2D eigenvalue weighted by Gasteiger charge is 2.36. The molecule has 9 heavy (non-hydrogen) atoms. The average Bonchev–Trinajstić information content (AvgIpc) is 2.44. The topological polar surface area (TPSA) is 12.5 Å². The summed E-state index contributed by atoms with van der Waals surface area (Å²) in [5, 5.41) is 0.742. The Labute approximate surface area is 67.4 Å². The molecule has 3 radical (unpaired) electrons. The van der Waals surface area contributed by atoms with Gasteiger partial charge >= 0.3 is 0 Å². The zero-order valence-corrected chi connectivity index (χ0v) is 7.33. The summed E-state index contributed by atoms with van der Waals surface area (Å²) >= 11 is 10.9. The molecule has 0 amide bonds. The minimum Gasteiger partial charge on any atom is -0.366 e. The second kappa shape index (κ2) is 2.62. The van der Waals surface area contributed by atoms with Gasteiger partial charge in [0.05, 0.1) is 16.3 Å². The number of ether oxygens (including phenoxy) is 1. The van der Waals surface area contributed by atoms with Crippen LogP contribution in [0, 0.1) is 0 Å². The van der Waals surface area contributed by atoms with Gasteiger partial charge in [-0.05, 0) is 12.1 Å². The molecule has 2 unspecified atom stereocenters. The molecule has 1 rings (SSSR count). The predicted octanol–water partition coefficient (Wildman–Crippen LogP) is 1.59. The maximum atomic E-state index is 5.44. The van der Waals surface area contributed by atoms with Crippen molar-refractivity contribution in [2.24, 2.45) is 0 Å². The first kappa shape index (κ1) is 7.60. The van der Waals surface area contributed by atoms with E-state index in [9.17, 15) is 0 Å². The third-order valence-corrected chi connectivity index (χ3v) is 2.46. The van der Waals surface area contributed by atoms with Crippen LogP contribution in [0.3, 0.4) is 0 Å². The summed E-state index contributed by atoms with van der Waals surface area (Å²) in [5.74, 6) is 0. The Balaban J connectivity index is 2.54. The number of rotatable bonds is 1. The lowest BCUT2D eigenvalue weighted by Gasteiger charge is -1.90. The van der Waals surface area contributed by atoms with E-state index in [1.165, 1.54) is 0 Å². The molecule has 0 bridgehead atoms. The van der Waals surface area contributed by atoms with Crippen molar-refractivity contribution in [1.29, 1.82) is 0 Å². The third-order valence-electron chi connectivity index (χ3n) is 1.20. The molecule has 0 aromatic rings. The highest BCUT2D eigenvalue weighted by Crippen LogP contribution is 2.30. The first-order valence-corrected chi connectivity index (χ1v) is 3.80. The van der Waals surface area contributed by atoms with Gasteiger partial charge in [0.1, 0.15) is 10.6 Å². The predicted molar refractivity (Wildman–Crippen MR) is 38.8 cm³/mol. The van der Waals surface area contributed by atoms with Gasteiger partial charge < -0.3 is 4.74 Å². The van der Waals surface area contributed by atoms with Crippen molar-refractivity contribution in [3.05, 3.63) is 9.69 Å². The molecule has 0 spiro atoms. The maximum Gasteiger partial charge on any atom is 0.104 e. The van der Waals surface area contributed by atoms with Crippen LogP contribution in [-0.2, 0) is 4.74 Å². The van der Waals surface area contributed by atoms with Gasteiger partial charge in [0.15, 0.2) is 0 Å². The molecule has 1 aliphatic rings. The van der Waals surface area contributed by atoms with Crippen molar-refractivity contribution < 1.29 is 4.74 Å². The van der Waals surface area contributed by atoms with Gasteiger partial charge in [-0.1, -0.05) is 23.2 Å². The van der Waals surface area contributed by atoms with Crippen molar-refractivity contribution in [2.75, 3.05) is 0 Å². The minimum atomic E-state index is 0.0895. The van der Waals surface area contributed by atoms with Gasteiger partial charge in [-0.25, -0.2) is 0 Å². The molecule has 0 N–H and O–H groups in total. The molecule has 1 aliphatic heterocycles. The minimum absolute atomic E-state index is 0.0895. The molecular weight excluding hydrogens is 175 g/mol. The van der Waals surface area contributed by atoms with E-state index in [4.69, 9.17) is 27.9 Å². The van der Waals surface area contributed by atoms with Crippen molar-refractivity contribution >= 4 is 33.4 Å². The van der Waals surface area contributed by atoms with Gasteiger partial charge in [-0.2, -0.15) is 0 Å². The molecule has 1 fully saturated rings. The van der Waals surface area contributed by atoms with E-state index < -0.39 is 0 Å². The standard InChI is InChI=1S/C5H5Cl2OSi/c1-2-3(8-2)4(9)5(6)7/h2-3H,1H3. The highest BCUT2D eigenvalue weighted by molar-refractivity contribution is 6.58. The van der Waals surface area contributed by atoms with Gasteiger partial charge in [0.25, 0.3) is 0 Å². The van der Waals surface area contributed by atoms with Crippen LogP contribution >= 0.6 is 23.2 Å². The largest absolute Gasteiger partial charge is 0.366 e. The third kappa shape index (κ3) is 1.71. The van der Waals surface area contributed by atoms with E-state index in [1.807, 2.05) is 6.92 Å². The Kier molecular flexibility index (Phi) is 2.21. The molecule has 1 heterocycles. The summed E-state index contributed by atoms with van der Waals surface area (Å²) in [7, 11) is 3.25. The summed E-state index contributed by atoms with van der Waals surface area (Å²) in [6.07, 6.45) is 0.344. The van der Waals surface area contributed by atoms with Gasteiger partial charge in [0, 0.05) is 0 Å². The fourth-order valence-electron chi connectivity index (χ4n) is 0.596. The molecule has 4 heteroatoms. The quantitative estimate of drug-likeness (QED) is 0.441. The first-order chi connectivity index (χ1) is 4.13. The van der Waals surface area contributed by atoms with E-state index in [-0.39, 0.29) is 16.7 Å². The van der Waals surface area contributed by atoms with Gasteiger partial charge in [-0.3, -0.25) is 0 Å². The van der Waals surface area contributed by atoms with Crippen molar-refractivity contribution in [1.82, 2.24) is 0 Å². The summed E-state index contributed by atoms with van der Waals surface area (Å²) in [4.78, 5) is 0. The van der Waals surface area contributed by atoms with Gasteiger partial charge in [0.2, 0.25) is 0 Å². The number of halogens is 2. The van der Waals surface area contributed by atoms with Crippen LogP contribution in [0.5, 0.6) is 0 Å². The normalized spacial score (nSPS) is 32.0. The molecule has 0 aromatic heterocycles. The Hall–Kier alpha value is 0.497. The van der Waals surface area contributed by atoms with E-state index in [2.05, 4.69) is 10.2 Å². The zero-order valence-electron chi connectivity index (χ0n) is 4.82. The van der Waals surface area contributed by atoms with E-state index in [0.717, 1.165) is 5.20 Å². The molecular formula is C5H5Cl2OSi. The lowest BCUT2D eigenvalue weighted by Crippen LogP contribution is -1.95. The van der Waals surface area contributed by atoms with Crippen LogP contribution in [-0.4, -0.2) is 22.5 Å². The van der Waals surface area contributed by atoms with Crippen molar-refractivity contribution in [3.8, 4) is 0 Å². The number of hydrogen-bond acceptors (Lipinski definition) is 1. The van der Waals surface area contributed by atoms with E-state index >= 15 is 0 Å². The molecule has 2 atom stereocenters. The van der Waals surface area contributed by atoms with Crippen LogP contribution in [0.2, 0.25) is 0 Å². The lowest BCUT2D eigenvalue weighted by atomic mass is 10.3. The van der Waals surface area contributed by atoms with Crippen LogP contribution in [0.25, 0.3) is 0 Å². The Morgan fingerprint density at radius 3 is 2.11 bits per heavy atom. The molecule has 1 saturated heterocycles. The second-order valence-corrected chi connectivity index (χ2v) is 3.42. The van der Waals surface area contributed by atoms with E-state index in [1.54, 1.807) is 0 Å². The van der Waals surface area contributed by atoms with Gasteiger partial charge in [-0.15, -0.1) is 0 Å². The number of hydrogen-bond donors (Lipinski definition) is 0. The molecule has 1 nitrogen and oxygen atoms in total. The second-order valence-electron chi connectivity index (χ2n) is 1.94. The van der Waals surface area contributed by atoms with Crippen LogP contribution in [0.1, 0.15) is 6.92 Å². The fourth-order valence-corrected chi connectivity index (χ4v) is 1.11. The summed E-state index contributed by atoms with van der Waals surface area (Å²) in [6.45, 7) is 1.96. The molecule has 0 saturated carbocycles. The molecule has 49 valence electrons. The van der Waals surface area contributed by atoms with E-state index in [0.29, 0.717) is 0 Å². The van der Waals surface area contributed by atoms with Crippen molar-refractivity contribution in [2.45, 2.75) is 19.1 Å². The van der Waals surface area contributed by atoms with Crippen LogP contribution < -0.4 is 0 Å². The van der Waals surface area contributed by atoms with Crippen LogP contribution in [0.4, 0.5) is 0 Å². The van der Waals surface area contributed by atoms with Crippen molar-refractivity contribution in [3.63, 3.8) is 0 Å². The molecule has 0 aromatic carbocycles. The Morgan fingerprint density at radius 1 is 1.56 bits per heavy atom. The average molecular weight is 180 g/mol. The summed E-state index contributed by atoms with van der Waals surface area (Å²) in [6, 6.07) is 0. The fraction of sp³-hybridized carbons (Fsp3) is 0.600. The zero-order chi connectivity index (χ0) is 7.02. The smallest absolute Gasteiger partial charge is 0.104 e. The summed E-state index contributed by atoms with van der Waals surface area (Å²) in [5.41, 5.74) is 0.